The summed E-state index contributed by atoms with van der Waals surface area (Å²) in [4.78, 5) is 8.92. The van der Waals surface area contributed by atoms with Crippen LogP contribution in [0, 0.1) is 5.82 Å². The second-order valence-corrected chi connectivity index (χ2v) is 4.64. The maximum Gasteiger partial charge on any atom is 0.138 e. The van der Waals surface area contributed by atoms with Crippen molar-refractivity contribution in [3.8, 4) is 0 Å². The van der Waals surface area contributed by atoms with E-state index in [9.17, 15) is 4.39 Å². The van der Waals surface area contributed by atoms with Crippen molar-refractivity contribution in [1.82, 2.24) is 9.97 Å². The average molecular weight is 269 g/mol. The predicted molar refractivity (Wildman–Crippen MR) is 67.6 cm³/mol. The van der Waals surface area contributed by atoms with Crippen LogP contribution >= 0.6 is 23.4 Å². The summed E-state index contributed by atoms with van der Waals surface area (Å²) in [6, 6.07) is 6.67. The van der Waals surface area contributed by atoms with E-state index in [2.05, 4.69) is 9.97 Å². The minimum absolute atomic E-state index is 0.213. The largest absolute Gasteiger partial charge is 0.240 e. The topological polar surface area (TPSA) is 25.8 Å². The lowest BCUT2D eigenvalue weighted by Crippen LogP contribution is -1.93. The number of alkyl halides is 1. The van der Waals surface area contributed by atoms with Crippen molar-refractivity contribution in [2.45, 2.75) is 16.5 Å². The molecule has 0 saturated heterocycles. The van der Waals surface area contributed by atoms with Gasteiger partial charge in [-0.15, -0.1) is 23.4 Å². The molecule has 0 amide bonds. The van der Waals surface area contributed by atoms with Gasteiger partial charge in [-0.3, -0.25) is 0 Å². The zero-order valence-electron chi connectivity index (χ0n) is 8.94. The Morgan fingerprint density at radius 3 is 2.53 bits per heavy atom. The summed E-state index contributed by atoms with van der Waals surface area (Å²) in [7, 11) is 0. The lowest BCUT2D eigenvalue weighted by atomic mass is 10.3. The molecule has 0 bridgehead atoms. The van der Waals surface area contributed by atoms with Gasteiger partial charge in [-0.1, -0.05) is 12.1 Å². The smallest absolute Gasteiger partial charge is 0.138 e. The van der Waals surface area contributed by atoms with E-state index < -0.39 is 0 Å². The van der Waals surface area contributed by atoms with Crippen molar-refractivity contribution >= 4 is 23.4 Å². The van der Waals surface area contributed by atoms with Crippen LogP contribution in [0.3, 0.4) is 0 Å². The van der Waals surface area contributed by atoms with E-state index in [1.807, 2.05) is 6.07 Å². The SMILES string of the molecule is Fc1ccccc1SCc1ncc(CCl)cn1. The molecule has 0 atom stereocenters. The van der Waals surface area contributed by atoms with Crippen molar-refractivity contribution in [3.05, 3.63) is 53.9 Å². The van der Waals surface area contributed by atoms with Crippen LogP contribution in [-0.4, -0.2) is 9.97 Å². The van der Waals surface area contributed by atoms with Gasteiger partial charge in [0, 0.05) is 22.9 Å². The molecule has 0 radical (unpaired) electrons. The third kappa shape index (κ3) is 3.41. The molecule has 0 unspecified atom stereocenters. The Bertz CT molecular complexity index is 490. The number of hydrogen-bond acceptors (Lipinski definition) is 3. The Hall–Kier alpha value is -1.13. The Morgan fingerprint density at radius 2 is 1.88 bits per heavy atom. The molecular formula is C12H10ClFN2S. The van der Waals surface area contributed by atoms with E-state index >= 15 is 0 Å². The maximum atomic E-state index is 13.3. The highest BCUT2D eigenvalue weighted by molar-refractivity contribution is 7.98. The van der Waals surface area contributed by atoms with Crippen LogP contribution in [-0.2, 0) is 11.6 Å². The van der Waals surface area contributed by atoms with E-state index in [0.717, 1.165) is 5.56 Å². The molecule has 1 aromatic heterocycles. The normalized spacial score (nSPS) is 10.5. The molecule has 0 aliphatic heterocycles. The Kier molecular flexibility index (Phi) is 4.34. The van der Waals surface area contributed by atoms with Gasteiger partial charge in [0.05, 0.1) is 11.6 Å². The molecular weight excluding hydrogens is 259 g/mol. The molecule has 88 valence electrons. The van der Waals surface area contributed by atoms with E-state index in [0.29, 0.717) is 22.4 Å². The van der Waals surface area contributed by atoms with Gasteiger partial charge in [0.15, 0.2) is 0 Å². The van der Waals surface area contributed by atoms with Crippen molar-refractivity contribution in [1.29, 1.82) is 0 Å². The third-order valence-corrected chi connectivity index (χ3v) is 3.46. The van der Waals surface area contributed by atoms with Gasteiger partial charge in [0.2, 0.25) is 0 Å². The first-order chi connectivity index (χ1) is 8.29. The fourth-order valence-electron chi connectivity index (χ4n) is 1.23. The second-order valence-electron chi connectivity index (χ2n) is 3.36. The number of aromatic nitrogens is 2. The summed E-state index contributed by atoms with van der Waals surface area (Å²) in [6.45, 7) is 0. The van der Waals surface area contributed by atoms with Gasteiger partial charge in [0.1, 0.15) is 11.6 Å². The van der Waals surface area contributed by atoms with Crippen LogP contribution in [0.4, 0.5) is 4.39 Å². The van der Waals surface area contributed by atoms with Crippen LogP contribution < -0.4 is 0 Å². The molecule has 0 aliphatic carbocycles. The van der Waals surface area contributed by atoms with E-state index in [1.54, 1.807) is 24.5 Å². The second kappa shape index (κ2) is 5.98. The number of hydrogen-bond donors (Lipinski definition) is 0. The van der Waals surface area contributed by atoms with Gasteiger partial charge in [0.25, 0.3) is 0 Å². The average Bonchev–Trinajstić information content (AvgIpc) is 2.38. The van der Waals surface area contributed by atoms with E-state index in [-0.39, 0.29) is 5.82 Å². The molecule has 2 aromatic rings. The first-order valence-electron chi connectivity index (χ1n) is 5.02. The molecule has 2 nitrogen and oxygen atoms in total. The summed E-state index contributed by atoms with van der Waals surface area (Å²) in [5, 5.41) is 0. The van der Waals surface area contributed by atoms with Crippen LogP contribution in [0.1, 0.15) is 11.4 Å². The van der Waals surface area contributed by atoms with Crippen LogP contribution in [0.25, 0.3) is 0 Å². The molecule has 0 spiro atoms. The molecule has 0 saturated carbocycles. The summed E-state index contributed by atoms with van der Waals surface area (Å²) in [6.07, 6.45) is 3.38. The predicted octanol–water partition coefficient (Wildman–Crippen LogP) is 3.65. The van der Waals surface area contributed by atoms with Crippen molar-refractivity contribution in [2.75, 3.05) is 0 Å². The summed E-state index contributed by atoms with van der Waals surface area (Å²) in [5.41, 5.74) is 0.881. The zero-order chi connectivity index (χ0) is 12.1. The Labute approximate surface area is 108 Å². The summed E-state index contributed by atoms with van der Waals surface area (Å²) >= 11 is 7.02. The molecule has 2 rings (SSSR count). The quantitative estimate of drug-likeness (QED) is 0.625. The number of nitrogens with zero attached hydrogens (tertiary/aromatic N) is 2. The highest BCUT2D eigenvalue weighted by atomic mass is 35.5. The molecule has 17 heavy (non-hydrogen) atoms. The third-order valence-electron chi connectivity index (χ3n) is 2.11. The fourth-order valence-corrected chi connectivity index (χ4v) is 2.18. The van der Waals surface area contributed by atoms with E-state index in [1.165, 1.54) is 17.8 Å². The maximum absolute atomic E-state index is 13.3. The molecule has 0 N–H and O–H groups in total. The highest BCUT2D eigenvalue weighted by Crippen LogP contribution is 2.23. The first kappa shape index (κ1) is 12.3. The lowest BCUT2D eigenvalue weighted by Gasteiger charge is -2.02. The van der Waals surface area contributed by atoms with Gasteiger partial charge >= 0.3 is 0 Å². The van der Waals surface area contributed by atoms with Gasteiger partial charge in [-0.05, 0) is 12.1 Å². The van der Waals surface area contributed by atoms with Crippen molar-refractivity contribution < 1.29 is 4.39 Å². The molecule has 5 heteroatoms. The number of thioether (sulfide) groups is 1. The molecule has 0 aliphatic rings. The number of halogens is 2. The number of benzene rings is 1. The zero-order valence-corrected chi connectivity index (χ0v) is 10.5. The van der Waals surface area contributed by atoms with Crippen molar-refractivity contribution in [2.24, 2.45) is 0 Å². The number of rotatable bonds is 4. The van der Waals surface area contributed by atoms with Crippen LogP contribution in [0.15, 0.2) is 41.6 Å². The summed E-state index contributed by atoms with van der Waals surface area (Å²) in [5.74, 6) is 1.41. The molecule has 1 heterocycles. The van der Waals surface area contributed by atoms with E-state index in [4.69, 9.17) is 11.6 Å². The fraction of sp³-hybridized carbons (Fsp3) is 0.167. The minimum Gasteiger partial charge on any atom is -0.240 e. The molecule has 0 fully saturated rings. The monoisotopic (exact) mass is 268 g/mol. The van der Waals surface area contributed by atoms with Crippen LogP contribution in [0.2, 0.25) is 0 Å². The lowest BCUT2D eigenvalue weighted by molar-refractivity contribution is 0.602. The summed E-state index contributed by atoms with van der Waals surface area (Å²) < 4.78 is 13.3. The minimum atomic E-state index is -0.213. The van der Waals surface area contributed by atoms with Crippen LogP contribution in [0.5, 0.6) is 0 Å². The van der Waals surface area contributed by atoms with Gasteiger partial charge in [-0.2, -0.15) is 0 Å². The first-order valence-corrected chi connectivity index (χ1v) is 6.54. The molecule has 1 aromatic carbocycles. The Balaban J connectivity index is 2.00. The highest BCUT2D eigenvalue weighted by Gasteiger charge is 2.03. The van der Waals surface area contributed by atoms with Gasteiger partial charge in [-0.25, -0.2) is 14.4 Å². The Morgan fingerprint density at radius 1 is 1.18 bits per heavy atom. The standard InChI is InChI=1S/C12H10ClFN2S/c13-5-9-6-15-12(16-7-9)8-17-11-4-2-1-3-10(11)14/h1-4,6-7H,5,8H2. The van der Waals surface area contributed by atoms with Crippen molar-refractivity contribution in [3.63, 3.8) is 0 Å². The van der Waals surface area contributed by atoms with Gasteiger partial charge < -0.3 is 0 Å².